The number of hydrogen-bond acceptors (Lipinski definition) is 4. The molecule has 5 nitrogen and oxygen atoms in total. The van der Waals surface area contributed by atoms with Crippen LogP contribution in [0.1, 0.15) is 22.8 Å². The molecular weight excluding hydrogens is 423 g/mol. The summed E-state index contributed by atoms with van der Waals surface area (Å²) in [5.74, 6) is -2.17. The minimum absolute atomic E-state index is 0.109. The first-order chi connectivity index (χ1) is 14.1. The molecule has 0 unspecified atom stereocenters. The summed E-state index contributed by atoms with van der Waals surface area (Å²) < 4.78 is 43.6. The number of anilines is 1. The van der Waals surface area contributed by atoms with Crippen LogP contribution in [0, 0.1) is 0 Å². The highest BCUT2D eigenvalue weighted by Crippen LogP contribution is 2.34. The number of carbonyl (C=O) groups is 2. The molecule has 0 aliphatic carbocycles. The second-order valence-corrected chi connectivity index (χ2v) is 6.85. The first kappa shape index (κ1) is 21.4. The lowest BCUT2D eigenvalue weighted by Gasteiger charge is -2.16. The van der Waals surface area contributed by atoms with Crippen LogP contribution in [0.5, 0.6) is 5.75 Å². The van der Waals surface area contributed by atoms with Gasteiger partial charge in [-0.1, -0.05) is 35.9 Å². The van der Waals surface area contributed by atoms with Crippen molar-refractivity contribution in [1.29, 1.82) is 0 Å². The molecule has 0 radical (unpaired) electrons. The molecule has 3 aromatic rings. The predicted octanol–water partition coefficient (Wildman–Crippen LogP) is 5.40. The highest BCUT2D eigenvalue weighted by atomic mass is 35.5. The van der Waals surface area contributed by atoms with E-state index in [1.54, 1.807) is 24.3 Å². The van der Waals surface area contributed by atoms with E-state index in [0.29, 0.717) is 16.8 Å². The van der Waals surface area contributed by atoms with E-state index in [4.69, 9.17) is 16.3 Å². The van der Waals surface area contributed by atoms with Gasteiger partial charge in [-0.3, -0.25) is 4.79 Å². The van der Waals surface area contributed by atoms with Crippen molar-refractivity contribution in [1.82, 2.24) is 0 Å². The summed E-state index contributed by atoms with van der Waals surface area (Å²) in [6.45, 7) is 1.24. The van der Waals surface area contributed by atoms with Gasteiger partial charge in [0.25, 0.3) is 5.91 Å². The molecule has 0 fully saturated rings. The minimum Gasteiger partial charge on any atom is -0.507 e. The van der Waals surface area contributed by atoms with E-state index >= 15 is 0 Å². The van der Waals surface area contributed by atoms with Crippen LogP contribution in [0.3, 0.4) is 0 Å². The second kappa shape index (κ2) is 8.23. The third kappa shape index (κ3) is 4.65. The number of aromatic hydroxyl groups is 1. The van der Waals surface area contributed by atoms with Crippen molar-refractivity contribution in [3.05, 3.63) is 70.7 Å². The van der Waals surface area contributed by atoms with Crippen LogP contribution < -0.4 is 5.32 Å². The van der Waals surface area contributed by atoms with Crippen molar-refractivity contribution in [2.24, 2.45) is 0 Å². The molecule has 0 aliphatic rings. The number of alkyl halides is 3. The lowest BCUT2D eigenvalue weighted by atomic mass is 10.1. The zero-order chi connectivity index (χ0) is 22.1. The molecule has 2 N–H and O–H groups in total. The van der Waals surface area contributed by atoms with Crippen LogP contribution in [0.4, 0.5) is 18.9 Å². The Bertz CT molecular complexity index is 1130. The quantitative estimate of drug-likeness (QED) is 0.536. The molecule has 0 saturated heterocycles. The highest BCUT2D eigenvalue weighted by molar-refractivity contribution is 6.33. The smallest absolute Gasteiger partial charge is 0.416 e. The van der Waals surface area contributed by atoms with Crippen molar-refractivity contribution >= 4 is 39.9 Å². The van der Waals surface area contributed by atoms with Crippen LogP contribution in [0.25, 0.3) is 10.8 Å². The molecule has 0 saturated carbocycles. The molecule has 3 rings (SSSR count). The Morgan fingerprint density at radius 1 is 1.07 bits per heavy atom. The van der Waals surface area contributed by atoms with E-state index in [1.165, 1.54) is 19.1 Å². The Kier molecular flexibility index (Phi) is 5.89. The number of rotatable bonds is 4. The van der Waals surface area contributed by atoms with E-state index in [0.717, 1.165) is 12.1 Å². The van der Waals surface area contributed by atoms with Gasteiger partial charge in [0, 0.05) is 0 Å². The molecule has 3 aromatic carbocycles. The van der Waals surface area contributed by atoms with Gasteiger partial charge in [0.1, 0.15) is 11.3 Å². The lowest BCUT2D eigenvalue weighted by Crippen LogP contribution is -2.30. The maximum atomic E-state index is 12.9. The standard InChI is InChI=1S/C21H15ClF3NO4/c1-11(19(28)26-17-10-14(21(23,24)25)6-7-16(17)22)30-20(29)15-8-12-4-2-3-5-13(12)9-18(15)27/h2-11,27H,1H3,(H,26,28)/t11-/m0/s1. The first-order valence-electron chi connectivity index (χ1n) is 8.66. The van der Waals surface area contributed by atoms with Crippen molar-refractivity contribution < 1.29 is 32.6 Å². The van der Waals surface area contributed by atoms with Crippen molar-refractivity contribution in [3.63, 3.8) is 0 Å². The monoisotopic (exact) mass is 437 g/mol. The number of esters is 1. The largest absolute Gasteiger partial charge is 0.507 e. The Morgan fingerprint density at radius 2 is 1.70 bits per heavy atom. The maximum Gasteiger partial charge on any atom is 0.416 e. The van der Waals surface area contributed by atoms with Crippen molar-refractivity contribution in [2.45, 2.75) is 19.2 Å². The van der Waals surface area contributed by atoms with Crippen LogP contribution in [0.15, 0.2) is 54.6 Å². The number of phenolic OH excluding ortho intramolecular Hbond substituents is 1. The molecule has 0 heterocycles. The lowest BCUT2D eigenvalue weighted by molar-refractivity contribution is -0.137. The van der Waals surface area contributed by atoms with E-state index in [-0.39, 0.29) is 22.0 Å². The molecule has 9 heteroatoms. The van der Waals surface area contributed by atoms with Gasteiger partial charge < -0.3 is 15.2 Å². The van der Waals surface area contributed by atoms with E-state index < -0.39 is 29.7 Å². The van der Waals surface area contributed by atoms with Gasteiger partial charge in [-0.2, -0.15) is 13.2 Å². The number of carbonyl (C=O) groups excluding carboxylic acids is 2. The zero-order valence-electron chi connectivity index (χ0n) is 15.5. The summed E-state index contributed by atoms with van der Waals surface area (Å²) in [6, 6.07) is 12.3. The Morgan fingerprint density at radius 3 is 2.33 bits per heavy atom. The normalized spacial score (nSPS) is 12.4. The zero-order valence-corrected chi connectivity index (χ0v) is 16.2. The fourth-order valence-electron chi connectivity index (χ4n) is 2.70. The average Bonchev–Trinajstić information content (AvgIpc) is 2.68. The molecule has 0 aromatic heterocycles. The highest BCUT2D eigenvalue weighted by Gasteiger charge is 2.31. The van der Waals surface area contributed by atoms with Gasteiger partial charge in [-0.05, 0) is 48.0 Å². The van der Waals surface area contributed by atoms with Gasteiger partial charge in [-0.15, -0.1) is 0 Å². The third-order valence-electron chi connectivity index (χ3n) is 4.29. The summed E-state index contributed by atoms with van der Waals surface area (Å²) >= 11 is 5.85. The van der Waals surface area contributed by atoms with Crippen LogP contribution in [-0.4, -0.2) is 23.1 Å². The number of fused-ring (bicyclic) bond motifs is 1. The summed E-state index contributed by atoms with van der Waals surface area (Å²) in [6.07, 6.45) is -5.98. The summed E-state index contributed by atoms with van der Waals surface area (Å²) in [7, 11) is 0. The fraction of sp³-hybridized carbons (Fsp3) is 0.143. The number of nitrogens with one attached hydrogen (secondary N) is 1. The number of benzene rings is 3. The Balaban J connectivity index is 1.75. The molecule has 0 aliphatic heterocycles. The average molecular weight is 438 g/mol. The van der Waals surface area contributed by atoms with Gasteiger partial charge >= 0.3 is 12.1 Å². The van der Waals surface area contributed by atoms with Gasteiger partial charge in [0.05, 0.1) is 16.3 Å². The molecule has 1 amide bonds. The molecule has 1 atom stereocenters. The van der Waals surface area contributed by atoms with Crippen LogP contribution in [0.2, 0.25) is 5.02 Å². The van der Waals surface area contributed by atoms with Crippen LogP contribution >= 0.6 is 11.6 Å². The molecule has 156 valence electrons. The van der Waals surface area contributed by atoms with Crippen molar-refractivity contribution in [2.75, 3.05) is 5.32 Å². The summed E-state index contributed by atoms with van der Waals surface area (Å²) in [5.41, 5.74) is -1.41. The predicted molar refractivity (Wildman–Crippen MR) is 106 cm³/mol. The second-order valence-electron chi connectivity index (χ2n) is 6.45. The summed E-state index contributed by atoms with van der Waals surface area (Å²) in [5, 5.41) is 13.6. The van der Waals surface area contributed by atoms with Crippen molar-refractivity contribution in [3.8, 4) is 5.75 Å². The van der Waals surface area contributed by atoms with E-state index in [1.807, 2.05) is 0 Å². The van der Waals surface area contributed by atoms with Gasteiger partial charge in [0.15, 0.2) is 6.10 Å². The third-order valence-corrected chi connectivity index (χ3v) is 4.62. The van der Waals surface area contributed by atoms with Gasteiger partial charge in [0.2, 0.25) is 0 Å². The summed E-state index contributed by atoms with van der Waals surface area (Å²) in [4.78, 5) is 24.7. The molecule has 0 spiro atoms. The SMILES string of the molecule is C[C@H](OC(=O)c1cc2ccccc2cc1O)C(=O)Nc1cc(C(F)(F)F)ccc1Cl. The first-order valence-corrected chi connectivity index (χ1v) is 9.04. The molecule has 0 bridgehead atoms. The fourth-order valence-corrected chi connectivity index (χ4v) is 2.87. The number of amides is 1. The number of halogens is 4. The van der Waals surface area contributed by atoms with Crippen LogP contribution in [-0.2, 0) is 15.7 Å². The number of phenols is 1. The Hall–Kier alpha value is -3.26. The van der Waals surface area contributed by atoms with Gasteiger partial charge in [-0.25, -0.2) is 4.79 Å². The maximum absolute atomic E-state index is 12.9. The number of ether oxygens (including phenoxy) is 1. The topological polar surface area (TPSA) is 75.6 Å². The van der Waals surface area contributed by atoms with E-state index in [9.17, 15) is 27.9 Å². The Labute approximate surface area is 174 Å². The molecule has 30 heavy (non-hydrogen) atoms. The molecular formula is C21H15ClF3NO4. The minimum atomic E-state index is -4.62. The van der Waals surface area contributed by atoms with E-state index in [2.05, 4.69) is 5.32 Å². The number of hydrogen-bond donors (Lipinski definition) is 2.